The van der Waals surface area contributed by atoms with Crippen molar-refractivity contribution >= 4 is 51.2 Å². The van der Waals surface area contributed by atoms with E-state index >= 15 is 0 Å². The summed E-state index contributed by atoms with van der Waals surface area (Å²) in [5.74, 6) is -2.51. The Labute approximate surface area is 192 Å². The minimum Gasteiger partial charge on any atom is -0.507 e. The summed E-state index contributed by atoms with van der Waals surface area (Å²) >= 11 is 3.26. The molecule has 0 spiro atoms. The van der Waals surface area contributed by atoms with Crippen molar-refractivity contribution in [2.75, 3.05) is 10.6 Å². The van der Waals surface area contributed by atoms with Crippen LogP contribution < -0.4 is 16.1 Å². The average molecular weight is 495 g/mol. The van der Waals surface area contributed by atoms with E-state index in [1.807, 2.05) is 25.1 Å². The summed E-state index contributed by atoms with van der Waals surface area (Å²) in [5.41, 5.74) is 4.39. The van der Waals surface area contributed by atoms with Crippen molar-refractivity contribution < 1.29 is 19.5 Å². The van der Waals surface area contributed by atoms with Crippen molar-refractivity contribution in [2.45, 2.75) is 6.92 Å². The second-order valence-electron chi connectivity index (χ2n) is 6.73. The molecular formula is C23H19BrN4O4. The number of rotatable bonds is 5. The number of nitrogens with zero attached hydrogens (tertiary/aromatic N) is 1. The van der Waals surface area contributed by atoms with E-state index in [0.29, 0.717) is 15.7 Å². The Bertz CT molecular complexity index is 1210. The van der Waals surface area contributed by atoms with E-state index in [4.69, 9.17) is 0 Å². The number of hydrogen-bond acceptors (Lipinski definition) is 5. The predicted molar refractivity (Wildman–Crippen MR) is 126 cm³/mol. The van der Waals surface area contributed by atoms with Gasteiger partial charge in [-0.2, -0.15) is 5.10 Å². The van der Waals surface area contributed by atoms with Crippen LogP contribution in [-0.2, 0) is 9.59 Å². The highest BCUT2D eigenvalue weighted by Gasteiger charge is 2.18. The van der Waals surface area contributed by atoms with Crippen molar-refractivity contribution in [1.82, 2.24) is 5.43 Å². The van der Waals surface area contributed by atoms with Crippen LogP contribution in [0.4, 0.5) is 11.4 Å². The normalized spacial score (nSPS) is 10.6. The van der Waals surface area contributed by atoms with Crippen LogP contribution in [0.2, 0.25) is 0 Å². The van der Waals surface area contributed by atoms with Crippen molar-refractivity contribution in [3.63, 3.8) is 0 Å². The fourth-order valence-corrected chi connectivity index (χ4v) is 3.11. The fraction of sp³-hybridized carbons (Fsp3) is 0.0435. The molecule has 0 bridgehead atoms. The molecule has 4 N–H and O–H groups in total. The summed E-state index contributed by atoms with van der Waals surface area (Å²) in [5, 5.41) is 18.6. The summed E-state index contributed by atoms with van der Waals surface area (Å²) in [4.78, 5) is 37.0. The minimum atomic E-state index is -1.04. The van der Waals surface area contributed by atoms with Gasteiger partial charge in [-0.25, -0.2) is 5.43 Å². The predicted octanol–water partition coefficient (Wildman–Crippen LogP) is 3.80. The molecule has 3 rings (SSSR count). The number of para-hydroxylation sites is 1. The Kier molecular flexibility index (Phi) is 7.35. The molecule has 9 heteroatoms. The summed E-state index contributed by atoms with van der Waals surface area (Å²) < 4.78 is 0.710. The molecule has 0 saturated carbocycles. The number of phenolic OH excluding ortho intramolecular Hbond substituents is 1. The quantitative estimate of drug-likeness (QED) is 0.245. The topological polar surface area (TPSA) is 120 Å². The average Bonchev–Trinajstić information content (AvgIpc) is 2.76. The molecule has 0 unspecified atom stereocenters. The monoisotopic (exact) mass is 494 g/mol. The van der Waals surface area contributed by atoms with Crippen LogP contribution in [0.1, 0.15) is 21.5 Å². The molecule has 3 aromatic carbocycles. The standard InChI is InChI=1S/C23H19BrN4O4/c1-14-5-4-6-17(11-14)26-21(30)18-7-2-3-8-19(18)27-22(31)23(32)28-25-13-15-12-16(24)9-10-20(15)29/h2-13,29H,1H3,(H,26,30)(H,27,31)(H,28,32)/b25-13-. The first-order valence-corrected chi connectivity index (χ1v) is 10.2. The summed E-state index contributed by atoms with van der Waals surface area (Å²) in [7, 11) is 0. The summed E-state index contributed by atoms with van der Waals surface area (Å²) in [6, 6.07) is 18.3. The zero-order valence-electron chi connectivity index (χ0n) is 16.9. The second-order valence-corrected chi connectivity index (χ2v) is 7.64. The third-order valence-electron chi connectivity index (χ3n) is 4.26. The summed E-state index contributed by atoms with van der Waals surface area (Å²) in [6.07, 6.45) is 1.20. The minimum absolute atomic E-state index is 0.0378. The highest BCUT2D eigenvalue weighted by molar-refractivity contribution is 9.10. The van der Waals surface area contributed by atoms with E-state index in [1.165, 1.54) is 24.4 Å². The SMILES string of the molecule is Cc1cccc(NC(=O)c2ccccc2NC(=O)C(=O)N/N=C\c2cc(Br)ccc2O)c1. The largest absolute Gasteiger partial charge is 0.507 e. The number of nitrogens with one attached hydrogen (secondary N) is 3. The molecule has 162 valence electrons. The second kappa shape index (κ2) is 10.4. The molecule has 3 amide bonds. The van der Waals surface area contributed by atoms with Gasteiger partial charge in [0.05, 0.1) is 17.5 Å². The van der Waals surface area contributed by atoms with Gasteiger partial charge < -0.3 is 15.7 Å². The maximum Gasteiger partial charge on any atom is 0.329 e. The number of hydrogen-bond donors (Lipinski definition) is 4. The molecule has 0 saturated heterocycles. The first-order valence-electron chi connectivity index (χ1n) is 9.43. The van der Waals surface area contributed by atoms with Crippen LogP contribution in [0.15, 0.2) is 76.3 Å². The van der Waals surface area contributed by atoms with Crippen molar-refractivity contribution in [3.8, 4) is 5.75 Å². The Morgan fingerprint density at radius 1 is 0.938 bits per heavy atom. The number of aromatic hydroxyl groups is 1. The molecule has 0 atom stereocenters. The lowest BCUT2D eigenvalue weighted by Gasteiger charge is -2.11. The van der Waals surface area contributed by atoms with Crippen LogP contribution >= 0.6 is 15.9 Å². The molecular weight excluding hydrogens is 476 g/mol. The van der Waals surface area contributed by atoms with Crippen molar-refractivity contribution in [2.24, 2.45) is 5.10 Å². The maximum atomic E-state index is 12.7. The lowest BCUT2D eigenvalue weighted by atomic mass is 10.1. The van der Waals surface area contributed by atoms with Crippen LogP contribution in [0.25, 0.3) is 0 Å². The number of anilines is 2. The molecule has 0 aliphatic heterocycles. The van der Waals surface area contributed by atoms with E-state index in [9.17, 15) is 19.5 Å². The highest BCUT2D eigenvalue weighted by Crippen LogP contribution is 2.20. The van der Waals surface area contributed by atoms with Gasteiger partial charge in [-0.3, -0.25) is 14.4 Å². The highest BCUT2D eigenvalue weighted by atomic mass is 79.9. The van der Waals surface area contributed by atoms with E-state index in [-0.39, 0.29) is 17.0 Å². The van der Waals surface area contributed by atoms with Gasteiger partial charge in [-0.15, -0.1) is 0 Å². The van der Waals surface area contributed by atoms with Crippen LogP contribution in [0.5, 0.6) is 5.75 Å². The lowest BCUT2D eigenvalue weighted by Crippen LogP contribution is -2.33. The van der Waals surface area contributed by atoms with Crippen molar-refractivity contribution in [1.29, 1.82) is 0 Å². The molecule has 0 heterocycles. The van der Waals surface area contributed by atoms with E-state index in [0.717, 1.165) is 5.56 Å². The molecule has 8 nitrogen and oxygen atoms in total. The van der Waals surface area contributed by atoms with Gasteiger partial charge in [0.15, 0.2) is 0 Å². The number of carbonyl (C=O) groups excluding carboxylic acids is 3. The smallest absolute Gasteiger partial charge is 0.329 e. The Morgan fingerprint density at radius 3 is 2.50 bits per heavy atom. The first kappa shape index (κ1) is 22.7. The molecule has 0 radical (unpaired) electrons. The van der Waals surface area contributed by atoms with Gasteiger partial charge in [0.25, 0.3) is 5.91 Å². The zero-order chi connectivity index (χ0) is 23.1. The Morgan fingerprint density at radius 2 is 1.72 bits per heavy atom. The van der Waals surface area contributed by atoms with Gasteiger partial charge >= 0.3 is 11.8 Å². The number of phenols is 1. The zero-order valence-corrected chi connectivity index (χ0v) is 18.5. The van der Waals surface area contributed by atoms with Crippen molar-refractivity contribution in [3.05, 3.63) is 87.9 Å². The number of amides is 3. The molecule has 0 aromatic heterocycles. The third kappa shape index (κ3) is 6.02. The molecule has 3 aromatic rings. The maximum absolute atomic E-state index is 12.7. The van der Waals surface area contributed by atoms with Gasteiger partial charge in [0, 0.05) is 15.7 Å². The first-order chi connectivity index (χ1) is 15.3. The number of carbonyl (C=O) groups is 3. The Balaban J connectivity index is 1.66. The van der Waals surface area contributed by atoms with Crippen LogP contribution in [0, 0.1) is 6.92 Å². The Hall–Kier alpha value is -3.98. The molecule has 0 aliphatic carbocycles. The van der Waals surface area contributed by atoms with E-state index in [1.54, 1.807) is 30.3 Å². The van der Waals surface area contributed by atoms with Gasteiger partial charge in [-0.05, 0) is 55.0 Å². The number of hydrazone groups is 1. The van der Waals surface area contributed by atoms with Gasteiger partial charge in [0.1, 0.15) is 5.75 Å². The van der Waals surface area contributed by atoms with E-state index in [2.05, 4.69) is 37.1 Å². The third-order valence-corrected chi connectivity index (χ3v) is 4.75. The summed E-state index contributed by atoms with van der Waals surface area (Å²) in [6.45, 7) is 1.91. The number of aryl methyl sites for hydroxylation is 1. The lowest BCUT2D eigenvalue weighted by molar-refractivity contribution is -0.136. The van der Waals surface area contributed by atoms with Crippen LogP contribution in [-0.4, -0.2) is 29.0 Å². The number of benzene rings is 3. The number of halogens is 1. The van der Waals surface area contributed by atoms with Gasteiger partial charge in [0.2, 0.25) is 0 Å². The fourth-order valence-electron chi connectivity index (χ4n) is 2.73. The molecule has 0 fully saturated rings. The van der Waals surface area contributed by atoms with Crippen LogP contribution in [0.3, 0.4) is 0 Å². The van der Waals surface area contributed by atoms with Gasteiger partial charge in [-0.1, -0.05) is 40.2 Å². The van der Waals surface area contributed by atoms with E-state index < -0.39 is 17.7 Å². The molecule has 0 aliphatic rings. The molecule has 32 heavy (non-hydrogen) atoms.